The maximum absolute atomic E-state index is 4.32. The van der Waals surface area contributed by atoms with Crippen LogP contribution in [0.3, 0.4) is 0 Å². The van der Waals surface area contributed by atoms with Crippen molar-refractivity contribution in [2.24, 2.45) is 0 Å². The molecule has 11 rings (SSSR count). The highest BCUT2D eigenvalue weighted by atomic mass is 32.1. The number of anilines is 5. The van der Waals surface area contributed by atoms with E-state index in [4.69, 9.17) is 0 Å². The van der Waals surface area contributed by atoms with Gasteiger partial charge in [-0.05, 0) is 153 Å². The van der Waals surface area contributed by atoms with Gasteiger partial charge < -0.3 is 18.9 Å². The molecule has 0 N–H and O–H groups in total. The van der Waals surface area contributed by atoms with Crippen LogP contribution >= 0.6 is 22.7 Å². The molecule has 0 amide bonds. The highest BCUT2D eigenvalue weighted by molar-refractivity contribution is 7.24. The number of thiophene rings is 2. The fraction of sp³-hybridized carbons (Fsp3) is 0.0847. The average Bonchev–Trinajstić information content (AvgIpc) is 4.05. The molecular formula is C59H48N4S2. The third-order valence-electron chi connectivity index (χ3n) is 12.1. The van der Waals surface area contributed by atoms with Crippen LogP contribution in [0.1, 0.15) is 28.7 Å². The van der Waals surface area contributed by atoms with Crippen LogP contribution in [0.15, 0.2) is 212 Å². The van der Waals surface area contributed by atoms with E-state index in [9.17, 15) is 0 Å². The molecule has 4 nitrogen and oxygen atoms in total. The van der Waals surface area contributed by atoms with E-state index in [2.05, 4.69) is 247 Å². The predicted octanol–water partition coefficient (Wildman–Crippen LogP) is 17.4. The summed E-state index contributed by atoms with van der Waals surface area (Å²) < 4.78 is 7.46. The smallest absolute Gasteiger partial charge is 0.103 e. The Morgan fingerprint density at radius 2 is 0.938 bits per heavy atom. The van der Waals surface area contributed by atoms with Gasteiger partial charge in [0.05, 0.1) is 31.5 Å². The van der Waals surface area contributed by atoms with Crippen molar-refractivity contribution >= 4 is 92.0 Å². The van der Waals surface area contributed by atoms with Gasteiger partial charge in [0.25, 0.3) is 0 Å². The summed E-state index contributed by atoms with van der Waals surface area (Å²) in [6.07, 6.45) is 15.9. The molecule has 10 aromatic rings. The second kappa shape index (κ2) is 16.6. The number of fused-ring (bicyclic) bond motifs is 6. The van der Waals surface area contributed by atoms with Gasteiger partial charge in [0.1, 0.15) is 10.0 Å². The van der Waals surface area contributed by atoms with E-state index in [1.165, 1.54) is 69.5 Å². The summed E-state index contributed by atoms with van der Waals surface area (Å²) in [5.41, 5.74) is 17.5. The first-order valence-electron chi connectivity index (χ1n) is 22.2. The van der Waals surface area contributed by atoms with Crippen LogP contribution in [-0.2, 0) is 0 Å². The number of aryl methyl sites for hydroxylation is 4. The van der Waals surface area contributed by atoms with E-state index in [-0.39, 0.29) is 0 Å². The van der Waals surface area contributed by atoms with E-state index >= 15 is 0 Å². The zero-order valence-corrected chi connectivity index (χ0v) is 38.6. The highest BCUT2D eigenvalue weighted by Gasteiger charge is 2.26. The van der Waals surface area contributed by atoms with Crippen molar-refractivity contribution in [1.29, 1.82) is 0 Å². The van der Waals surface area contributed by atoms with Gasteiger partial charge >= 0.3 is 0 Å². The molecule has 0 spiro atoms. The van der Waals surface area contributed by atoms with Crippen molar-refractivity contribution in [2.75, 3.05) is 9.80 Å². The van der Waals surface area contributed by atoms with Crippen molar-refractivity contribution in [3.05, 3.63) is 234 Å². The molecule has 316 valence electrons. The number of rotatable bonds is 8. The predicted molar refractivity (Wildman–Crippen MR) is 282 cm³/mol. The van der Waals surface area contributed by atoms with Crippen molar-refractivity contribution in [1.82, 2.24) is 9.13 Å². The second-order valence-electron chi connectivity index (χ2n) is 17.1. The van der Waals surface area contributed by atoms with Crippen molar-refractivity contribution in [2.45, 2.75) is 34.1 Å². The highest BCUT2D eigenvalue weighted by Crippen LogP contribution is 2.50. The normalized spacial score (nSPS) is 15.4. The SMILES string of the molecule is C=C1/C=C\C=C/C/C=C(N(c2cc(C)cc(C)c2)c2cc3c(s2)c2cc4c(cc2n3-c2ccccc2)c2sc(N(c3ccccc3)c3cc(C)cc(C)c3)cc2n4-c2ccccc2)\C=C/1. The molecule has 4 heterocycles. The molecule has 1 aliphatic carbocycles. The van der Waals surface area contributed by atoms with Gasteiger partial charge in [0.15, 0.2) is 0 Å². The topological polar surface area (TPSA) is 16.3 Å². The van der Waals surface area contributed by atoms with Crippen molar-refractivity contribution < 1.29 is 0 Å². The second-order valence-corrected chi connectivity index (χ2v) is 19.1. The number of hydrogen-bond acceptors (Lipinski definition) is 4. The molecule has 0 saturated heterocycles. The summed E-state index contributed by atoms with van der Waals surface area (Å²) in [6, 6.07) is 55.9. The monoisotopic (exact) mass is 876 g/mol. The van der Waals surface area contributed by atoms with Crippen LogP contribution in [0, 0.1) is 27.7 Å². The first-order valence-corrected chi connectivity index (χ1v) is 23.8. The molecule has 1 aliphatic rings. The standard InChI is InChI=1S/C59H48N4S2/c1-39-19-11-6-7-12-26-47(28-27-39)61(49-33-42(4)30-43(5)34-49)57-38-55-59(65-57)51-36-52-50(35-53(51)63(55)46-24-17-10-18-25-46)58-54(62(52)45-22-15-9-16-23-45)37-56(64-58)60(44-20-13-8-14-21-44)48-31-40(2)29-41(3)32-48/h6-11,13-38H,1,12H2,2-5H3/b7-6-,19-11-,28-27-,47-26+. The lowest BCUT2D eigenvalue weighted by Gasteiger charge is -2.26. The van der Waals surface area contributed by atoms with Crippen molar-refractivity contribution in [3.8, 4) is 11.4 Å². The lowest BCUT2D eigenvalue weighted by atomic mass is 10.1. The van der Waals surface area contributed by atoms with E-state index < -0.39 is 0 Å². The summed E-state index contributed by atoms with van der Waals surface area (Å²) in [7, 11) is 0. The molecule has 0 unspecified atom stereocenters. The number of nitrogens with zero attached hydrogens (tertiary/aromatic N) is 4. The maximum atomic E-state index is 4.32. The van der Waals surface area contributed by atoms with Crippen LogP contribution in [0.2, 0.25) is 0 Å². The number of aromatic nitrogens is 2. The Kier molecular flexibility index (Phi) is 10.3. The Morgan fingerprint density at radius 3 is 1.46 bits per heavy atom. The third kappa shape index (κ3) is 7.45. The molecule has 6 heteroatoms. The van der Waals surface area contributed by atoms with E-state index in [1.807, 2.05) is 22.7 Å². The lowest BCUT2D eigenvalue weighted by molar-refractivity contribution is 1.17. The fourth-order valence-electron chi connectivity index (χ4n) is 9.51. The molecule has 0 atom stereocenters. The minimum atomic E-state index is 0.808. The Morgan fingerprint density at radius 1 is 0.462 bits per heavy atom. The van der Waals surface area contributed by atoms with Gasteiger partial charge in [-0.2, -0.15) is 0 Å². The zero-order valence-electron chi connectivity index (χ0n) is 37.0. The van der Waals surface area contributed by atoms with E-state index in [0.717, 1.165) is 51.1 Å². The largest absolute Gasteiger partial charge is 0.308 e. The van der Waals surface area contributed by atoms with Crippen LogP contribution in [-0.4, -0.2) is 9.13 Å². The fourth-order valence-corrected chi connectivity index (χ4v) is 11.9. The van der Waals surface area contributed by atoms with Gasteiger partial charge in [0, 0.05) is 44.9 Å². The Hall–Kier alpha value is -7.38. The average molecular weight is 877 g/mol. The first-order chi connectivity index (χ1) is 31.8. The molecule has 0 fully saturated rings. The van der Waals surface area contributed by atoms with Crippen LogP contribution < -0.4 is 9.80 Å². The van der Waals surface area contributed by atoms with Gasteiger partial charge in [-0.1, -0.05) is 110 Å². The summed E-state index contributed by atoms with van der Waals surface area (Å²) in [5, 5.41) is 4.79. The molecule has 65 heavy (non-hydrogen) atoms. The molecule has 4 aromatic heterocycles. The van der Waals surface area contributed by atoms with Gasteiger partial charge in [-0.15, -0.1) is 22.7 Å². The van der Waals surface area contributed by atoms with Crippen LogP contribution in [0.5, 0.6) is 0 Å². The molecule has 0 saturated carbocycles. The van der Waals surface area contributed by atoms with E-state index in [0.29, 0.717) is 0 Å². The van der Waals surface area contributed by atoms with Gasteiger partial charge in [0.2, 0.25) is 0 Å². The number of hydrogen-bond donors (Lipinski definition) is 0. The molecule has 0 radical (unpaired) electrons. The quantitative estimate of drug-likeness (QED) is 0.151. The Labute approximate surface area is 388 Å². The van der Waals surface area contributed by atoms with Crippen LogP contribution in [0.25, 0.3) is 53.6 Å². The van der Waals surface area contributed by atoms with Gasteiger partial charge in [-0.3, -0.25) is 0 Å². The Balaban J connectivity index is 1.18. The third-order valence-corrected chi connectivity index (χ3v) is 14.4. The first kappa shape index (κ1) is 40.4. The minimum absolute atomic E-state index is 0.808. The minimum Gasteiger partial charge on any atom is -0.308 e. The number of allylic oxidation sites excluding steroid dienone is 8. The van der Waals surface area contributed by atoms with Crippen molar-refractivity contribution in [3.63, 3.8) is 0 Å². The molecule has 6 aromatic carbocycles. The lowest BCUT2D eigenvalue weighted by Crippen LogP contribution is -2.14. The maximum Gasteiger partial charge on any atom is 0.103 e. The summed E-state index contributed by atoms with van der Waals surface area (Å²) in [5.74, 6) is 0. The summed E-state index contributed by atoms with van der Waals surface area (Å²) in [6.45, 7) is 13.1. The van der Waals surface area contributed by atoms with Gasteiger partial charge in [-0.25, -0.2) is 0 Å². The molecule has 0 bridgehead atoms. The number of para-hydroxylation sites is 3. The van der Waals surface area contributed by atoms with Crippen LogP contribution in [0.4, 0.5) is 27.1 Å². The number of benzene rings is 6. The zero-order chi connectivity index (χ0) is 44.2. The molecule has 0 aliphatic heterocycles. The summed E-state index contributed by atoms with van der Waals surface area (Å²) >= 11 is 3.72. The van der Waals surface area contributed by atoms with E-state index in [1.54, 1.807) is 0 Å². The summed E-state index contributed by atoms with van der Waals surface area (Å²) in [4.78, 5) is 4.86. The molecular weight excluding hydrogens is 829 g/mol. The Bertz CT molecular complexity index is 3530.